The first-order chi connectivity index (χ1) is 8.95. The molecule has 0 heterocycles. The Bertz CT molecular complexity index is 436. The SMILES string of the molecule is CCCCOc1cc(C)c(CC(=O)O)cc1C(C)C. The smallest absolute Gasteiger partial charge is 0.307 e. The number of benzene rings is 1. The summed E-state index contributed by atoms with van der Waals surface area (Å²) >= 11 is 0. The first kappa shape index (κ1) is 15.5. The molecule has 1 N–H and O–H groups in total. The highest BCUT2D eigenvalue weighted by Gasteiger charge is 2.13. The molecule has 0 fully saturated rings. The van der Waals surface area contributed by atoms with Gasteiger partial charge in [-0.15, -0.1) is 0 Å². The summed E-state index contributed by atoms with van der Waals surface area (Å²) < 4.78 is 5.83. The molecule has 0 spiro atoms. The third-order valence-electron chi connectivity index (χ3n) is 3.19. The number of carboxylic acids is 1. The van der Waals surface area contributed by atoms with Gasteiger partial charge in [-0.25, -0.2) is 0 Å². The highest BCUT2D eigenvalue weighted by molar-refractivity contribution is 5.71. The van der Waals surface area contributed by atoms with Gasteiger partial charge in [0.25, 0.3) is 0 Å². The lowest BCUT2D eigenvalue weighted by Gasteiger charge is -2.17. The van der Waals surface area contributed by atoms with E-state index in [-0.39, 0.29) is 6.42 Å². The van der Waals surface area contributed by atoms with Crippen LogP contribution in [0.5, 0.6) is 5.75 Å². The zero-order valence-electron chi connectivity index (χ0n) is 12.3. The van der Waals surface area contributed by atoms with Gasteiger partial charge < -0.3 is 9.84 Å². The molecule has 19 heavy (non-hydrogen) atoms. The molecule has 1 aromatic rings. The standard InChI is InChI=1S/C16H24O3/c1-5-6-7-19-15-8-12(4)13(10-16(17)18)9-14(15)11(2)3/h8-9,11H,5-7,10H2,1-4H3,(H,17,18). The Hall–Kier alpha value is -1.51. The molecule has 0 unspecified atom stereocenters. The lowest BCUT2D eigenvalue weighted by atomic mass is 9.95. The highest BCUT2D eigenvalue weighted by Crippen LogP contribution is 2.30. The zero-order valence-corrected chi connectivity index (χ0v) is 12.3. The minimum atomic E-state index is -0.794. The first-order valence-corrected chi connectivity index (χ1v) is 6.93. The predicted octanol–water partition coefficient (Wildman–Crippen LogP) is 3.92. The van der Waals surface area contributed by atoms with Crippen LogP contribution in [0, 0.1) is 6.92 Å². The van der Waals surface area contributed by atoms with Gasteiger partial charge in [0.05, 0.1) is 13.0 Å². The van der Waals surface area contributed by atoms with E-state index >= 15 is 0 Å². The third kappa shape index (κ3) is 4.58. The Labute approximate surface area is 115 Å². The monoisotopic (exact) mass is 264 g/mol. The van der Waals surface area contributed by atoms with Crippen molar-refractivity contribution < 1.29 is 14.6 Å². The maximum atomic E-state index is 10.9. The molecule has 0 atom stereocenters. The van der Waals surface area contributed by atoms with Crippen LogP contribution in [0.1, 0.15) is 56.2 Å². The van der Waals surface area contributed by atoms with Gasteiger partial charge in [0.2, 0.25) is 0 Å². The Balaban J connectivity index is 3.03. The van der Waals surface area contributed by atoms with E-state index in [0.717, 1.165) is 35.3 Å². The number of hydrogen-bond donors (Lipinski definition) is 1. The molecule has 0 bridgehead atoms. The molecular weight excluding hydrogens is 240 g/mol. The van der Waals surface area contributed by atoms with Gasteiger partial charge in [0.1, 0.15) is 5.75 Å². The average molecular weight is 264 g/mol. The third-order valence-corrected chi connectivity index (χ3v) is 3.19. The van der Waals surface area contributed by atoms with E-state index in [1.807, 2.05) is 19.1 Å². The molecule has 0 saturated heterocycles. The van der Waals surface area contributed by atoms with E-state index < -0.39 is 5.97 Å². The number of unbranched alkanes of at least 4 members (excludes halogenated alkanes) is 1. The molecule has 1 aromatic carbocycles. The summed E-state index contributed by atoms with van der Waals surface area (Å²) in [5.74, 6) is 0.428. The van der Waals surface area contributed by atoms with Crippen LogP contribution in [0.15, 0.2) is 12.1 Å². The van der Waals surface area contributed by atoms with Crippen molar-refractivity contribution in [3.8, 4) is 5.75 Å². The van der Waals surface area contributed by atoms with Crippen LogP contribution in [0.3, 0.4) is 0 Å². The summed E-state index contributed by atoms with van der Waals surface area (Å²) in [7, 11) is 0. The molecule has 0 saturated carbocycles. The van der Waals surface area contributed by atoms with Gasteiger partial charge in [0, 0.05) is 0 Å². The highest BCUT2D eigenvalue weighted by atomic mass is 16.5. The fourth-order valence-electron chi connectivity index (χ4n) is 2.00. The Kier molecular flexibility index (Phi) is 5.87. The van der Waals surface area contributed by atoms with Crippen molar-refractivity contribution in [3.05, 3.63) is 28.8 Å². The van der Waals surface area contributed by atoms with Crippen molar-refractivity contribution >= 4 is 5.97 Å². The fourth-order valence-corrected chi connectivity index (χ4v) is 2.00. The molecule has 3 nitrogen and oxygen atoms in total. The molecular formula is C16H24O3. The van der Waals surface area contributed by atoms with Gasteiger partial charge >= 0.3 is 5.97 Å². The maximum absolute atomic E-state index is 10.9. The summed E-state index contributed by atoms with van der Waals surface area (Å²) in [6, 6.07) is 3.96. The number of ether oxygens (including phenoxy) is 1. The summed E-state index contributed by atoms with van der Waals surface area (Å²) in [4.78, 5) is 10.9. The van der Waals surface area contributed by atoms with Crippen LogP contribution in [0.4, 0.5) is 0 Å². The molecule has 106 valence electrons. The number of carbonyl (C=O) groups is 1. The molecule has 0 amide bonds. The van der Waals surface area contributed by atoms with E-state index in [1.54, 1.807) is 0 Å². The van der Waals surface area contributed by atoms with E-state index in [9.17, 15) is 4.79 Å². The number of carboxylic acid groups (broad SMARTS) is 1. The lowest BCUT2D eigenvalue weighted by molar-refractivity contribution is -0.136. The lowest BCUT2D eigenvalue weighted by Crippen LogP contribution is -2.06. The van der Waals surface area contributed by atoms with E-state index in [0.29, 0.717) is 12.5 Å². The molecule has 0 aliphatic rings. The first-order valence-electron chi connectivity index (χ1n) is 6.93. The molecule has 3 heteroatoms. The molecule has 0 aliphatic carbocycles. The number of hydrogen-bond acceptors (Lipinski definition) is 2. The second-order valence-electron chi connectivity index (χ2n) is 5.24. The van der Waals surface area contributed by atoms with Crippen molar-refractivity contribution in [2.24, 2.45) is 0 Å². The molecule has 0 aliphatic heterocycles. The largest absolute Gasteiger partial charge is 0.493 e. The summed E-state index contributed by atoms with van der Waals surface area (Å²) in [5, 5.41) is 8.93. The van der Waals surface area contributed by atoms with Gasteiger partial charge in [-0.2, -0.15) is 0 Å². The van der Waals surface area contributed by atoms with E-state index in [4.69, 9.17) is 9.84 Å². The van der Waals surface area contributed by atoms with Crippen molar-refractivity contribution in [1.82, 2.24) is 0 Å². The predicted molar refractivity (Wildman–Crippen MR) is 77.0 cm³/mol. The van der Waals surface area contributed by atoms with Crippen LogP contribution < -0.4 is 4.74 Å². The maximum Gasteiger partial charge on any atom is 0.307 e. The van der Waals surface area contributed by atoms with Crippen molar-refractivity contribution in [2.75, 3.05) is 6.61 Å². The molecule has 1 rings (SSSR count). The normalized spacial score (nSPS) is 10.8. The van der Waals surface area contributed by atoms with E-state index in [2.05, 4.69) is 20.8 Å². The van der Waals surface area contributed by atoms with Crippen molar-refractivity contribution in [3.63, 3.8) is 0 Å². The second kappa shape index (κ2) is 7.17. The minimum absolute atomic E-state index is 0.0702. The van der Waals surface area contributed by atoms with Gasteiger partial charge in [-0.3, -0.25) is 4.79 Å². The van der Waals surface area contributed by atoms with Crippen LogP contribution in [0.25, 0.3) is 0 Å². The Morgan fingerprint density at radius 2 is 2.05 bits per heavy atom. The van der Waals surface area contributed by atoms with E-state index in [1.165, 1.54) is 0 Å². The van der Waals surface area contributed by atoms with Gasteiger partial charge in [0.15, 0.2) is 0 Å². The number of aryl methyl sites for hydroxylation is 1. The van der Waals surface area contributed by atoms with Gasteiger partial charge in [-0.1, -0.05) is 33.3 Å². The molecule has 0 aromatic heterocycles. The quantitative estimate of drug-likeness (QED) is 0.759. The number of rotatable bonds is 7. The van der Waals surface area contributed by atoms with Crippen molar-refractivity contribution in [2.45, 2.75) is 52.9 Å². The van der Waals surface area contributed by atoms with Gasteiger partial charge in [-0.05, 0) is 42.0 Å². The van der Waals surface area contributed by atoms with Crippen LogP contribution in [0.2, 0.25) is 0 Å². The Morgan fingerprint density at radius 1 is 1.37 bits per heavy atom. The van der Waals surface area contributed by atoms with Crippen molar-refractivity contribution in [1.29, 1.82) is 0 Å². The number of aliphatic carboxylic acids is 1. The van der Waals surface area contributed by atoms with Crippen LogP contribution in [-0.2, 0) is 11.2 Å². The fraction of sp³-hybridized carbons (Fsp3) is 0.562. The van der Waals surface area contributed by atoms with Crippen LogP contribution in [-0.4, -0.2) is 17.7 Å². The summed E-state index contributed by atoms with van der Waals surface area (Å²) in [5.41, 5.74) is 2.95. The zero-order chi connectivity index (χ0) is 14.4. The average Bonchev–Trinajstić information content (AvgIpc) is 2.31. The summed E-state index contributed by atoms with van der Waals surface area (Å²) in [6.45, 7) is 8.99. The molecule has 0 radical (unpaired) electrons. The topological polar surface area (TPSA) is 46.5 Å². The second-order valence-corrected chi connectivity index (χ2v) is 5.24. The van der Waals surface area contributed by atoms with Crippen LogP contribution >= 0.6 is 0 Å². The minimum Gasteiger partial charge on any atom is -0.493 e. The summed E-state index contributed by atoms with van der Waals surface area (Å²) in [6.07, 6.45) is 2.21. The Morgan fingerprint density at radius 3 is 2.58 bits per heavy atom.